The molecule has 1 fully saturated rings. The van der Waals surface area contributed by atoms with E-state index in [0.29, 0.717) is 12.6 Å². The van der Waals surface area contributed by atoms with Gasteiger partial charge in [0.05, 0.1) is 5.60 Å². The molecule has 1 aromatic carbocycles. The molecule has 0 bridgehead atoms. The third-order valence-corrected chi connectivity index (χ3v) is 4.55. The Morgan fingerprint density at radius 1 is 1.16 bits per heavy atom. The van der Waals surface area contributed by atoms with Gasteiger partial charge in [-0.1, -0.05) is 37.5 Å². The minimum Gasteiger partial charge on any atom is -0.389 e. The normalized spacial score (nSPS) is 20.2. The van der Waals surface area contributed by atoms with Crippen LogP contribution in [-0.4, -0.2) is 17.3 Å². The quantitative estimate of drug-likeness (QED) is 0.867. The van der Waals surface area contributed by atoms with Crippen molar-refractivity contribution in [1.82, 2.24) is 5.32 Å². The predicted octanol–water partition coefficient (Wildman–Crippen LogP) is 3.65. The van der Waals surface area contributed by atoms with E-state index in [4.69, 9.17) is 0 Å². The van der Waals surface area contributed by atoms with E-state index in [1.54, 1.807) is 0 Å². The molecule has 0 aliphatic heterocycles. The molecule has 2 heteroatoms. The monoisotopic (exact) mass is 261 g/mol. The predicted molar refractivity (Wildman–Crippen MR) is 80.4 cm³/mol. The first-order valence-electron chi connectivity index (χ1n) is 7.53. The fourth-order valence-corrected chi connectivity index (χ4v) is 2.88. The standard InChI is InChI=1S/C17H27NO/c1-13-7-8-16(11-14(13)2)15(3)18-12-17(19)9-5-4-6-10-17/h7-8,11,15,18-19H,4-6,9-10,12H2,1-3H3. The smallest absolute Gasteiger partial charge is 0.0771 e. The van der Waals surface area contributed by atoms with E-state index in [0.717, 1.165) is 25.7 Å². The number of nitrogens with one attached hydrogen (secondary N) is 1. The van der Waals surface area contributed by atoms with E-state index >= 15 is 0 Å². The summed E-state index contributed by atoms with van der Waals surface area (Å²) in [7, 11) is 0. The molecule has 1 atom stereocenters. The van der Waals surface area contributed by atoms with Crippen molar-refractivity contribution in [2.45, 2.75) is 64.5 Å². The Morgan fingerprint density at radius 2 is 1.84 bits per heavy atom. The zero-order valence-electron chi connectivity index (χ0n) is 12.5. The van der Waals surface area contributed by atoms with E-state index < -0.39 is 5.60 Å². The van der Waals surface area contributed by atoms with Crippen molar-refractivity contribution in [2.75, 3.05) is 6.54 Å². The second-order valence-electron chi connectivity index (χ2n) is 6.23. The molecule has 1 aliphatic carbocycles. The number of rotatable bonds is 4. The summed E-state index contributed by atoms with van der Waals surface area (Å²) >= 11 is 0. The molecule has 1 aromatic rings. The van der Waals surface area contributed by atoms with Gasteiger partial charge in [-0.3, -0.25) is 0 Å². The van der Waals surface area contributed by atoms with Crippen molar-refractivity contribution < 1.29 is 5.11 Å². The minimum atomic E-state index is -0.480. The van der Waals surface area contributed by atoms with Crippen LogP contribution in [0, 0.1) is 13.8 Å². The molecule has 106 valence electrons. The summed E-state index contributed by atoms with van der Waals surface area (Å²) in [5, 5.41) is 14.0. The van der Waals surface area contributed by atoms with Gasteiger partial charge in [0.25, 0.3) is 0 Å². The van der Waals surface area contributed by atoms with Crippen LogP contribution in [0.3, 0.4) is 0 Å². The number of benzene rings is 1. The molecule has 1 unspecified atom stereocenters. The zero-order valence-corrected chi connectivity index (χ0v) is 12.5. The lowest BCUT2D eigenvalue weighted by Gasteiger charge is -2.33. The van der Waals surface area contributed by atoms with Gasteiger partial charge in [-0.2, -0.15) is 0 Å². The molecular formula is C17H27NO. The molecule has 1 saturated carbocycles. The van der Waals surface area contributed by atoms with E-state index in [9.17, 15) is 5.11 Å². The molecule has 2 nitrogen and oxygen atoms in total. The lowest BCUT2D eigenvalue weighted by molar-refractivity contribution is 0.00300. The highest BCUT2D eigenvalue weighted by molar-refractivity contribution is 5.31. The molecule has 19 heavy (non-hydrogen) atoms. The maximum Gasteiger partial charge on any atom is 0.0771 e. The maximum atomic E-state index is 10.5. The second kappa shape index (κ2) is 6.06. The first kappa shape index (κ1) is 14.5. The third-order valence-electron chi connectivity index (χ3n) is 4.55. The minimum absolute atomic E-state index is 0.297. The van der Waals surface area contributed by atoms with Crippen molar-refractivity contribution in [3.63, 3.8) is 0 Å². The van der Waals surface area contributed by atoms with Crippen LogP contribution in [0.5, 0.6) is 0 Å². The lowest BCUT2D eigenvalue weighted by Crippen LogP contribution is -2.42. The molecule has 0 saturated heterocycles. The van der Waals surface area contributed by atoms with E-state index in [2.05, 4.69) is 44.3 Å². The Bertz CT molecular complexity index is 421. The first-order chi connectivity index (χ1) is 9.00. The van der Waals surface area contributed by atoms with Crippen LogP contribution in [0.2, 0.25) is 0 Å². The van der Waals surface area contributed by atoms with E-state index in [1.807, 2.05) is 0 Å². The highest BCUT2D eigenvalue weighted by Gasteiger charge is 2.29. The number of hydrogen-bond acceptors (Lipinski definition) is 2. The molecule has 0 aromatic heterocycles. The summed E-state index contributed by atoms with van der Waals surface area (Å²) in [4.78, 5) is 0. The van der Waals surface area contributed by atoms with Crippen molar-refractivity contribution in [1.29, 1.82) is 0 Å². The Hall–Kier alpha value is -0.860. The Balaban J connectivity index is 1.93. The van der Waals surface area contributed by atoms with Crippen molar-refractivity contribution in [3.05, 3.63) is 34.9 Å². The number of hydrogen-bond donors (Lipinski definition) is 2. The Morgan fingerprint density at radius 3 is 2.47 bits per heavy atom. The van der Waals surface area contributed by atoms with Gasteiger partial charge in [-0.15, -0.1) is 0 Å². The summed E-state index contributed by atoms with van der Waals surface area (Å²) in [6.45, 7) is 7.18. The second-order valence-corrected chi connectivity index (χ2v) is 6.23. The van der Waals surface area contributed by atoms with Crippen LogP contribution in [0.15, 0.2) is 18.2 Å². The molecule has 0 amide bonds. The number of aliphatic hydroxyl groups is 1. The topological polar surface area (TPSA) is 32.3 Å². The highest BCUT2D eigenvalue weighted by atomic mass is 16.3. The molecule has 0 heterocycles. The van der Waals surface area contributed by atoms with Crippen LogP contribution >= 0.6 is 0 Å². The first-order valence-corrected chi connectivity index (χ1v) is 7.53. The largest absolute Gasteiger partial charge is 0.389 e. The summed E-state index contributed by atoms with van der Waals surface area (Å²) in [5.74, 6) is 0. The van der Waals surface area contributed by atoms with Gasteiger partial charge >= 0.3 is 0 Å². The van der Waals surface area contributed by atoms with E-state index in [1.165, 1.54) is 23.1 Å². The number of aryl methyl sites for hydroxylation is 2. The van der Waals surface area contributed by atoms with Crippen LogP contribution in [0.1, 0.15) is 61.8 Å². The maximum absolute atomic E-state index is 10.5. The fraction of sp³-hybridized carbons (Fsp3) is 0.647. The average molecular weight is 261 g/mol. The lowest BCUT2D eigenvalue weighted by atomic mass is 9.84. The van der Waals surface area contributed by atoms with Gasteiger partial charge in [0, 0.05) is 12.6 Å². The van der Waals surface area contributed by atoms with Crippen molar-refractivity contribution >= 4 is 0 Å². The molecule has 2 N–H and O–H groups in total. The summed E-state index contributed by atoms with van der Waals surface area (Å²) in [6, 6.07) is 6.91. The molecule has 0 spiro atoms. The van der Waals surface area contributed by atoms with Crippen molar-refractivity contribution in [3.8, 4) is 0 Å². The average Bonchev–Trinajstić information content (AvgIpc) is 2.40. The SMILES string of the molecule is Cc1ccc(C(C)NCC2(O)CCCCC2)cc1C. The van der Waals surface area contributed by atoms with Gasteiger partial charge in [0.1, 0.15) is 0 Å². The van der Waals surface area contributed by atoms with E-state index in [-0.39, 0.29) is 0 Å². The van der Waals surface area contributed by atoms with Crippen LogP contribution in [0.25, 0.3) is 0 Å². The van der Waals surface area contributed by atoms with Crippen molar-refractivity contribution in [2.24, 2.45) is 0 Å². The van der Waals surface area contributed by atoms with Gasteiger partial charge < -0.3 is 10.4 Å². The summed E-state index contributed by atoms with van der Waals surface area (Å²) in [6.07, 6.45) is 5.49. The summed E-state index contributed by atoms with van der Waals surface area (Å²) < 4.78 is 0. The summed E-state index contributed by atoms with van der Waals surface area (Å²) in [5.41, 5.74) is 3.50. The fourth-order valence-electron chi connectivity index (χ4n) is 2.88. The Kier molecular flexibility index (Phi) is 4.64. The highest BCUT2D eigenvalue weighted by Crippen LogP contribution is 2.28. The molecule has 2 rings (SSSR count). The molecule has 1 aliphatic rings. The van der Waals surface area contributed by atoms with Gasteiger partial charge in [0.2, 0.25) is 0 Å². The van der Waals surface area contributed by atoms with Gasteiger partial charge in [0.15, 0.2) is 0 Å². The van der Waals surface area contributed by atoms with Gasteiger partial charge in [-0.25, -0.2) is 0 Å². The Labute approximate surface area is 117 Å². The molecular weight excluding hydrogens is 234 g/mol. The van der Waals surface area contributed by atoms with Crippen LogP contribution in [0.4, 0.5) is 0 Å². The molecule has 0 radical (unpaired) electrons. The zero-order chi connectivity index (χ0) is 13.9. The van der Waals surface area contributed by atoms with Crippen LogP contribution < -0.4 is 5.32 Å². The third kappa shape index (κ3) is 3.80. The van der Waals surface area contributed by atoms with Gasteiger partial charge in [-0.05, 0) is 50.3 Å². The van der Waals surface area contributed by atoms with Crippen LogP contribution in [-0.2, 0) is 0 Å².